The van der Waals surface area contributed by atoms with Gasteiger partial charge in [0.2, 0.25) is 0 Å². The molecule has 34 heavy (non-hydrogen) atoms. The van der Waals surface area contributed by atoms with Crippen molar-refractivity contribution in [1.29, 1.82) is 0 Å². The fraction of sp³-hybridized carbons (Fsp3) is 0.435. The summed E-state index contributed by atoms with van der Waals surface area (Å²) in [5.74, 6) is -3.96. The molecule has 2 bridgehead atoms. The first-order valence-electron chi connectivity index (χ1n) is 10.8. The van der Waals surface area contributed by atoms with Gasteiger partial charge in [-0.25, -0.2) is 17.2 Å². The normalized spacial score (nSPS) is 27.4. The number of aliphatic hydroxyl groups is 3. The third-order valence-electron chi connectivity index (χ3n) is 7.09. The van der Waals surface area contributed by atoms with Gasteiger partial charge in [0, 0.05) is 17.3 Å². The number of hydrogen-bond donors (Lipinski definition) is 4. The van der Waals surface area contributed by atoms with Crippen LogP contribution >= 0.6 is 11.6 Å². The van der Waals surface area contributed by atoms with E-state index in [9.17, 15) is 37.3 Å². The molecule has 0 aromatic heterocycles. The Hall–Kier alpha value is -2.11. The van der Waals surface area contributed by atoms with Crippen LogP contribution in [0.1, 0.15) is 36.0 Å². The van der Waals surface area contributed by atoms with Crippen molar-refractivity contribution in [3.63, 3.8) is 0 Å². The molecule has 4 N–H and O–H groups in total. The van der Waals surface area contributed by atoms with Crippen molar-refractivity contribution in [2.75, 3.05) is 11.9 Å². The van der Waals surface area contributed by atoms with Crippen molar-refractivity contribution >= 4 is 33.0 Å². The van der Waals surface area contributed by atoms with Crippen LogP contribution in [-0.2, 0) is 9.84 Å². The molecular formula is C23H24ClF2NO6S. The Morgan fingerprint density at radius 3 is 2.35 bits per heavy atom. The standard InChI is InChI=1S/C23H24ClF2NO6S/c24-17-5-1-12(22(30)27-15-4-6-18(25)19(26)10-15)7-20(17)34(32,33)16-8-13-2-3-14(9-16)23(13,31)21(29)11-28/h1,4-7,10,13-14,16,21,28-29,31H,2-3,8-9,11H2,(H,27,30)/t13-,14?,16?,21-,23?/m0/s1. The lowest BCUT2D eigenvalue weighted by molar-refractivity contribution is -0.154. The number of halogens is 3. The molecule has 0 spiro atoms. The Balaban J connectivity index is 1.59. The molecule has 184 valence electrons. The predicted octanol–water partition coefficient (Wildman–Crippen LogP) is 2.92. The summed E-state index contributed by atoms with van der Waals surface area (Å²) in [4.78, 5) is 12.4. The van der Waals surface area contributed by atoms with Crippen LogP contribution in [0.5, 0.6) is 0 Å². The number of fused-ring (bicyclic) bond motifs is 2. The van der Waals surface area contributed by atoms with Crippen LogP contribution < -0.4 is 5.32 Å². The van der Waals surface area contributed by atoms with Gasteiger partial charge in [0.1, 0.15) is 6.10 Å². The van der Waals surface area contributed by atoms with Crippen LogP contribution in [0.4, 0.5) is 14.5 Å². The van der Waals surface area contributed by atoms with Crippen molar-refractivity contribution in [3.05, 3.63) is 58.6 Å². The fourth-order valence-corrected chi connectivity index (χ4v) is 7.71. The summed E-state index contributed by atoms with van der Waals surface area (Å²) >= 11 is 6.20. The average molecular weight is 516 g/mol. The molecular weight excluding hydrogens is 492 g/mol. The summed E-state index contributed by atoms with van der Waals surface area (Å²) < 4.78 is 53.5. The first-order chi connectivity index (χ1) is 16.0. The maximum atomic E-state index is 13.5. The molecule has 0 saturated heterocycles. The molecule has 0 heterocycles. The topological polar surface area (TPSA) is 124 Å². The lowest BCUT2D eigenvalue weighted by Crippen LogP contribution is -2.56. The van der Waals surface area contributed by atoms with Crippen molar-refractivity contribution in [2.24, 2.45) is 11.8 Å². The monoisotopic (exact) mass is 515 g/mol. The SMILES string of the molecule is O=C(Nc1ccc(F)c(F)c1)c1ccc(Cl)c(S(=O)(=O)C2CC3CC[C@@H](C2)C3(O)[C@@H](O)CO)c1. The molecule has 2 aliphatic carbocycles. The Kier molecular flexibility index (Phi) is 6.73. The molecule has 2 fully saturated rings. The number of nitrogens with one attached hydrogen (secondary N) is 1. The Morgan fingerprint density at radius 1 is 1.12 bits per heavy atom. The van der Waals surface area contributed by atoms with Crippen molar-refractivity contribution in [1.82, 2.24) is 0 Å². The van der Waals surface area contributed by atoms with E-state index in [1.165, 1.54) is 18.2 Å². The quantitative estimate of drug-likeness (QED) is 0.469. The highest BCUT2D eigenvalue weighted by molar-refractivity contribution is 7.92. The zero-order chi connectivity index (χ0) is 24.8. The van der Waals surface area contributed by atoms with Gasteiger partial charge < -0.3 is 20.6 Å². The zero-order valence-electron chi connectivity index (χ0n) is 17.9. The second-order valence-electron chi connectivity index (χ2n) is 8.92. The van der Waals surface area contributed by atoms with E-state index in [2.05, 4.69) is 5.32 Å². The molecule has 3 unspecified atom stereocenters. The molecule has 7 nitrogen and oxygen atoms in total. The van der Waals surface area contributed by atoms with Gasteiger partial charge in [0.05, 0.1) is 27.4 Å². The first kappa shape index (κ1) is 25.0. The minimum absolute atomic E-state index is 0.00570. The Labute approximate surface area is 200 Å². The van der Waals surface area contributed by atoms with E-state index >= 15 is 0 Å². The number of aliphatic hydroxyl groups excluding tert-OH is 2. The molecule has 11 heteroatoms. The van der Waals surface area contributed by atoms with Gasteiger partial charge in [0.25, 0.3) is 5.91 Å². The van der Waals surface area contributed by atoms with E-state index in [1.807, 2.05) is 0 Å². The van der Waals surface area contributed by atoms with Gasteiger partial charge in [-0.2, -0.15) is 0 Å². The summed E-state index contributed by atoms with van der Waals surface area (Å²) in [6.45, 7) is -0.623. The zero-order valence-corrected chi connectivity index (χ0v) is 19.5. The number of sulfone groups is 1. The number of rotatable bonds is 6. The van der Waals surface area contributed by atoms with Crippen LogP contribution in [0.25, 0.3) is 0 Å². The lowest BCUT2D eigenvalue weighted by atomic mass is 9.71. The summed E-state index contributed by atoms with van der Waals surface area (Å²) in [6.07, 6.45) is -0.161. The number of anilines is 1. The number of amides is 1. The van der Waals surface area contributed by atoms with E-state index in [4.69, 9.17) is 11.6 Å². The molecule has 0 radical (unpaired) electrons. The van der Waals surface area contributed by atoms with E-state index in [0.29, 0.717) is 12.8 Å². The number of benzene rings is 2. The first-order valence-corrected chi connectivity index (χ1v) is 12.7. The predicted molar refractivity (Wildman–Crippen MR) is 120 cm³/mol. The van der Waals surface area contributed by atoms with Gasteiger partial charge in [0.15, 0.2) is 21.5 Å². The summed E-state index contributed by atoms with van der Waals surface area (Å²) in [5, 5.41) is 31.9. The van der Waals surface area contributed by atoms with E-state index < -0.39 is 62.8 Å². The second-order valence-corrected chi connectivity index (χ2v) is 11.5. The highest BCUT2D eigenvalue weighted by Crippen LogP contribution is 2.53. The molecule has 5 atom stereocenters. The smallest absolute Gasteiger partial charge is 0.255 e. The van der Waals surface area contributed by atoms with Crippen molar-refractivity contribution in [3.8, 4) is 0 Å². The third-order valence-corrected chi connectivity index (χ3v) is 9.74. The largest absolute Gasteiger partial charge is 0.394 e. The Bertz CT molecular complexity index is 1210. The summed E-state index contributed by atoms with van der Waals surface area (Å²) in [5.41, 5.74) is -1.59. The van der Waals surface area contributed by atoms with Crippen LogP contribution in [0.2, 0.25) is 5.02 Å². The third kappa shape index (κ3) is 4.22. The van der Waals surface area contributed by atoms with E-state index in [1.54, 1.807) is 0 Å². The van der Waals surface area contributed by atoms with E-state index in [-0.39, 0.29) is 34.0 Å². The number of hydrogen-bond acceptors (Lipinski definition) is 6. The summed E-state index contributed by atoms with van der Waals surface area (Å²) in [7, 11) is -4.02. The van der Waals surface area contributed by atoms with E-state index in [0.717, 1.165) is 18.2 Å². The highest BCUT2D eigenvalue weighted by atomic mass is 35.5. The lowest BCUT2D eigenvalue weighted by Gasteiger charge is -2.44. The Morgan fingerprint density at radius 2 is 1.76 bits per heavy atom. The van der Waals surface area contributed by atoms with Crippen LogP contribution in [0, 0.1) is 23.5 Å². The van der Waals surface area contributed by atoms with Crippen molar-refractivity contribution < 1.29 is 37.3 Å². The molecule has 0 aliphatic heterocycles. The molecule has 1 amide bonds. The maximum Gasteiger partial charge on any atom is 0.255 e. The molecule has 2 aromatic carbocycles. The van der Waals surface area contributed by atoms with Gasteiger partial charge in [-0.3, -0.25) is 4.79 Å². The highest BCUT2D eigenvalue weighted by Gasteiger charge is 2.58. The molecule has 2 aliphatic rings. The van der Waals surface area contributed by atoms with Gasteiger partial charge in [-0.1, -0.05) is 11.6 Å². The molecule has 2 saturated carbocycles. The summed E-state index contributed by atoms with van der Waals surface area (Å²) in [6, 6.07) is 6.56. The van der Waals surface area contributed by atoms with Gasteiger partial charge in [-0.15, -0.1) is 0 Å². The van der Waals surface area contributed by atoms with Crippen LogP contribution in [-0.4, -0.2) is 53.2 Å². The van der Waals surface area contributed by atoms with Crippen molar-refractivity contribution in [2.45, 2.75) is 47.5 Å². The maximum absolute atomic E-state index is 13.5. The average Bonchev–Trinajstić information content (AvgIpc) is 2.97. The van der Waals surface area contributed by atoms with Crippen LogP contribution in [0.15, 0.2) is 41.3 Å². The molecule has 2 aromatic rings. The van der Waals surface area contributed by atoms with Crippen LogP contribution in [0.3, 0.4) is 0 Å². The minimum atomic E-state index is -4.02. The second kappa shape index (κ2) is 9.16. The fourth-order valence-electron chi connectivity index (χ4n) is 5.31. The number of carbonyl (C=O) groups is 1. The van der Waals surface area contributed by atoms with Gasteiger partial charge >= 0.3 is 0 Å². The minimum Gasteiger partial charge on any atom is -0.394 e. The number of carbonyl (C=O) groups excluding carboxylic acids is 1. The van der Waals surface area contributed by atoms with Gasteiger partial charge in [-0.05, 0) is 67.9 Å². The molecule has 4 rings (SSSR count).